The van der Waals surface area contributed by atoms with Gasteiger partial charge in [-0.25, -0.2) is 4.79 Å². The van der Waals surface area contributed by atoms with E-state index in [0.717, 1.165) is 24.9 Å². The first kappa shape index (κ1) is 17.8. The van der Waals surface area contributed by atoms with Gasteiger partial charge in [0, 0.05) is 20.1 Å². The maximum absolute atomic E-state index is 12.4. The van der Waals surface area contributed by atoms with Crippen LogP contribution in [0.15, 0.2) is 16.8 Å². The fourth-order valence-corrected chi connectivity index (χ4v) is 3.33. The highest BCUT2D eigenvalue weighted by atomic mass is 32.1. The number of rotatable bonds is 3. The van der Waals surface area contributed by atoms with Gasteiger partial charge in [0.05, 0.1) is 12.5 Å². The van der Waals surface area contributed by atoms with Crippen LogP contribution in [0.4, 0.5) is 4.79 Å². The fourth-order valence-electron chi connectivity index (χ4n) is 2.66. The summed E-state index contributed by atoms with van der Waals surface area (Å²) in [5.74, 6) is 0.130. The summed E-state index contributed by atoms with van der Waals surface area (Å²) < 4.78 is 5.42. The van der Waals surface area contributed by atoms with E-state index in [4.69, 9.17) is 4.74 Å². The van der Waals surface area contributed by atoms with E-state index < -0.39 is 5.60 Å². The normalized spacial score (nSPS) is 18.6. The molecule has 6 heteroatoms. The maximum atomic E-state index is 12.4. The molecule has 1 aromatic heterocycles. The molecule has 1 aliphatic rings. The molecular formula is C17H26N2O3S. The van der Waals surface area contributed by atoms with Crippen LogP contribution in [0.1, 0.15) is 39.2 Å². The summed E-state index contributed by atoms with van der Waals surface area (Å²) in [7, 11) is 1.76. The molecule has 1 aromatic rings. The first-order chi connectivity index (χ1) is 10.8. The highest BCUT2D eigenvalue weighted by Gasteiger charge is 2.30. The molecule has 0 unspecified atom stereocenters. The lowest BCUT2D eigenvalue weighted by Crippen LogP contribution is -2.51. The molecule has 1 atom stereocenters. The molecule has 0 aliphatic carbocycles. The van der Waals surface area contributed by atoms with Crippen molar-refractivity contribution in [1.82, 2.24) is 9.80 Å². The Bertz CT molecular complexity index is 537. The van der Waals surface area contributed by atoms with E-state index in [1.54, 1.807) is 23.3 Å². The third kappa shape index (κ3) is 5.23. The summed E-state index contributed by atoms with van der Waals surface area (Å²) in [6.45, 7) is 6.92. The number of likely N-dealkylation sites (tertiary alicyclic amines) is 1. The van der Waals surface area contributed by atoms with E-state index in [0.29, 0.717) is 13.0 Å². The van der Waals surface area contributed by atoms with Crippen molar-refractivity contribution in [3.8, 4) is 0 Å². The van der Waals surface area contributed by atoms with Crippen LogP contribution in [-0.2, 0) is 16.0 Å². The Morgan fingerprint density at radius 3 is 2.78 bits per heavy atom. The summed E-state index contributed by atoms with van der Waals surface area (Å²) in [4.78, 5) is 28.1. The Labute approximate surface area is 142 Å². The molecule has 1 saturated heterocycles. The Morgan fingerprint density at radius 2 is 2.17 bits per heavy atom. The smallest absolute Gasteiger partial charge is 0.410 e. The molecule has 5 nitrogen and oxygen atoms in total. The number of piperidine rings is 1. The topological polar surface area (TPSA) is 49.9 Å². The van der Waals surface area contributed by atoms with Gasteiger partial charge >= 0.3 is 6.09 Å². The molecule has 0 N–H and O–H groups in total. The Balaban J connectivity index is 1.92. The molecule has 2 amide bonds. The number of thiophene rings is 1. The van der Waals surface area contributed by atoms with Gasteiger partial charge in [-0.2, -0.15) is 11.3 Å². The lowest BCUT2D eigenvalue weighted by molar-refractivity contribution is -0.132. The molecule has 23 heavy (non-hydrogen) atoms. The van der Waals surface area contributed by atoms with Crippen LogP contribution in [0.25, 0.3) is 0 Å². The average molecular weight is 338 g/mol. The van der Waals surface area contributed by atoms with Crippen molar-refractivity contribution in [1.29, 1.82) is 0 Å². The molecule has 2 rings (SSSR count). The molecule has 1 fully saturated rings. The van der Waals surface area contributed by atoms with Crippen LogP contribution in [0, 0.1) is 0 Å². The molecule has 0 aromatic carbocycles. The highest BCUT2D eigenvalue weighted by molar-refractivity contribution is 7.07. The minimum absolute atomic E-state index is 0.0185. The van der Waals surface area contributed by atoms with E-state index in [9.17, 15) is 9.59 Å². The van der Waals surface area contributed by atoms with Crippen LogP contribution in [0.5, 0.6) is 0 Å². The van der Waals surface area contributed by atoms with Crippen LogP contribution >= 0.6 is 11.3 Å². The maximum Gasteiger partial charge on any atom is 0.410 e. The number of carbonyl (C=O) groups is 2. The van der Waals surface area contributed by atoms with Crippen LogP contribution < -0.4 is 0 Å². The molecule has 0 spiro atoms. The third-order valence-corrected chi connectivity index (χ3v) is 4.65. The van der Waals surface area contributed by atoms with E-state index in [1.807, 2.05) is 42.5 Å². The van der Waals surface area contributed by atoms with Gasteiger partial charge in [-0.05, 0) is 56.0 Å². The van der Waals surface area contributed by atoms with Gasteiger partial charge in [0.25, 0.3) is 0 Å². The largest absolute Gasteiger partial charge is 0.444 e. The minimum atomic E-state index is -0.505. The zero-order valence-electron chi connectivity index (χ0n) is 14.4. The fraction of sp³-hybridized carbons (Fsp3) is 0.647. The minimum Gasteiger partial charge on any atom is -0.444 e. The summed E-state index contributed by atoms with van der Waals surface area (Å²) in [6.07, 6.45) is 1.92. The molecule has 0 saturated carbocycles. The molecule has 0 radical (unpaired) electrons. The zero-order valence-corrected chi connectivity index (χ0v) is 15.2. The van der Waals surface area contributed by atoms with E-state index in [1.165, 1.54) is 0 Å². The predicted molar refractivity (Wildman–Crippen MR) is 91.6 cm³/mol. The SMILES string of the molecule is CN(C(=O)OC(C)(C)C)[C@H]1CCCN(C(=O)Cc2ccsc2)C1. The van der Waals surface area contributed by atoms with Crippen LogP contribution in [0.2, 0.25) is 0 Å². The van der Waals surface area contributed by atoms with Gasteiger partial charge in [0.1, 0.15) is 5.60 Å². The van der Waals surface area contributed by atoms with Crippen LogP contribution in [0.3, 0.4) is 0 Å². The second-order valence-corrected chi connectivity index (χ2v) is 7.82. The first-order valence-corrected chi connectivity index (χ1v) is 8.95. The Kier molecular flexibility index (Phi) is 5.68. The van der Waals surface area contributed by atoms with Crippen molar-refractivity contribution in [2.45, 2.75) is 51.7 Å². The standard InChI is InChI=1S/C17H26N2O3S/c1-17(2,3)22-16(21)18(4)14-6-5-8-19(11-14)15(20)10-13-7-9-23-12-13/h7,9,12,14H,5-6,8,10-11H2,1-4H3/t14-/m0/s1. The average Bonchev–Trinajstić information content (AvgIpc) is 2.97. The number of hydrogen-bond donors (Lipinski definition) is 0. The first-order valence-electron chi connectivity index (χ1n) is 8.01. The van der Waals surface area contributed by atoms with Gasteiger partial charge in [-0.15, -0.1) is 0 Å². The number of likely N-dealkylation sites (N-methyl/N-ethyl adjacent to an activating group) is 1. The number of carbonyl (C=O) groups excluding carboxylic acids is 2. The Hall–Kier alpha value is -1.56. The lowest BCUT2D eigenvalue weighted by atomic mass is 10.0. The summed E-state index contributed by atoms with van der Waals surface area (Å²) in [5.41, 5.74) is 0.552. The summed E-state index contributed by atoms with van der Waals surface area (Å²) >= 11 is 1.60. The number of hydrogen-bond acceptors (Lipinski definition) is 4. The number of ether oxygens (including phenoxy) is 1. The third-order valence-electron chi connectivity index (χ3n) is 3.91. The van der Waals surface area contributed by atoms with Crippen molar-refractivity contribution in [3.05, 3.63) is 22.4 Å². The molecule has 128 valence electrons. The quantitative estimate of drug-likeness (QED) is 0.851. The Morgan fingerprint density at radius 1 is 1.43 bits per heavy atom. The van der Waals surface area contributed by atoms with E-state index in [2.05, 4.69) is 0 Å². The number of nitrogens with zero attached hydrogens (tertiary/aromatic N) is 2. The zero-order chi connectivity index (χ0) is 17.0. The molecule has 2 heterocycles. The molecular weight excluding hydrogens is 312 g/mol. The van der Waals surface area contributed by atoms with E-state index in [-0.39, 0.29) is 18.0 Å². The molecule has 0 bridgehead atoms. The predicted octanol–water partition coefficient (Wildman–Crippen LogP) is 3.15. The van der Waals surface area contributed by atoms with Gasteiger partial charge in [0.15, 0.2) is 0 Å². The van der Waals surface area contributed by atoms with Gasteiger partial charge < -0.3 is 14.5 Å². The lowest BCUT2D eigenvalue weighted by Gasteiger charge is -2.38. The highest BCUT2D eigenvalue weighted by Crippen LogP contribution is 2.19. The van der Waals surface area contributed by atoms with Crippen molar-refractivity contribution in [2.24, 2.45) is 0 Å². The van der Waals surface area contributed by atoms with Crippen molar-refractivity contribution in [3.63, 3.8) is 0 Å². The number of amides is 2. The van der Waals surface area contributed by atoms with Gasteiger partial charge in [-0.3, -0.25) is 4.79 Å². The van der Waals surface area contributed by atoms with Crippen molar-refractivity contribution in [2.75, 3.05) is 20.1 Å². The van der Waals surface area contributed by atoms with E-state index >= 15 is 0 Å². The molecule has 1 aliphatic heterocycles. The van der Waals surface area contributed by atoms with Crippen molar-refractivity contribution < 1.29 is 14.3 Å². The van der Waals surface area contributed by atoms with Gasteiger partial charge in [-0.1, -0.05) is 0 Å². The second kappa shape index (κ2) is 7.34. The monoisotopic (exact) mass is 338 g/mol. The summed E-state index contributed by atoms with van der Waals surface area (Å²) in [6, 6.07) is 2.00. The van der Waals surface area contributed by atoms with Crippen molar-refractivity contribution >= 4 is 23.3 Å². The summed E-state index contributed by atoms with van der Waals surface area (Å²) in [5, 5.41) is 3.99. The van der Waals surface area contributed by atoms with Crippen LogP contribution in [-0.4, -0.2) is 53.6 Å². The second-order valence-electron chi connectivity index (χ2n) is 7.04. The van der Waals surface area contributed by atoms with Gasteiger partial charge in [0.2, 0.25) is 5.91 Å².